The van der Waals surface area contributed by atoms with E-state index in [0.717, 1.165) is 25.8 Å². The van der Waals surface area contributed by atoms with E-state index in [1.54, 1.807) is 0 Å². The van der Waals surface area contributed by atoms with Crippen molar-refractivity contribution in [3.05, 3.63) is 11.7 Å². The number of ether oxygens (including phenoxy) is 1. The highest BCUT2D eigenvalue weighted by atomic mass is 16.5. The molecule has 1 fully saturated rings. The van der Waals surface area contributed by atoms with E-state index >= 15 is 0 Å². The highest BCUT2D eigenvalue weighted by Crippen LogP contribution is 2.32. The van der Waals surface area contributed by atoms with Gasteiger partial charge in [-0.1, -0.05) is 25.4 Å². The van der Waals surface area contributed by atoms with Crippen molar-refractivity contribution in [2.24, 2.45) is 0 Å². The van der Waals surface area contributed by atoms with E-state index in [1.165, 1.54) is 12.8 Å². The molecule has 1 aromatic rings. The first-order valence-corrected chi connectivity index (χ1v) is 7.47. The van der Waals surface area contributed by atoms with Gasteiger partial charge >= 0.3 is 0 Å². The first kappa shape index (κ1) is 14.5. The zero-order valence-corrected chi connectivity index (χ0v) is 12.2. The summed E-state index contributed by atoms with van der Waals surface area (Å²) in [5.41, 5.74) is -0.398. The number of nitrogens with zero attached hydrogens (tertiary/aromatic N) is 2. The molecule has 1 aromatic heterocycles. The predicted molar refractivity (Wildman–Crippen MR) is 72.8 cm³/mol. The molecule has 0 bridgehead atoms. The normalized spacial score (nSPS) is 20.7. The number of piperidine rings is 1. The lowest BCUT2D eigenvalue weighted by atomic mass is 9.96. The summed E-state index contributed by atoms with van der Waals surface area (Å²) >= 11 is 0. The second-order valence-corrected chi connectivity index (χ2v) is 5.09. The average Bonchev–Trinajstić information content (AvgIpc) is 2.96. The maximum atomic E-state index is 5.91. The van der Waals surface area contributed by atoms with Gasteiger partial charge in [-0.05, 0) is 39.2 Å². The predicted octanol–water partition coefficient (Wildman–Crippen LogP) is 2.94. The van der Waals surface area contributed by atoms with Gasteiger partial charge in [0.2, 0.25) is 11.7 Å². The molecule has 1 aliphatic heterocycles. The minimum Gasteiger partial charge on any atom is -0.367 e. The second-order valence-electron chi connectivity index (χ2n) is 5.09. The fraction of sp³-hybridized carbons (Fsp3) is 0.857. The quantitative estimate of drug-likeness (QED) is 0.858. The Bertz CT molecular complexity index is 382. The van der Waals surface area contributed by atoms with Crippen LogP contribution >= 0.6 is 0 Å². The van der Waals surface area contributed by atoms with Crippen LogP contribution in [-0.4, -0.2) is 23.3 Å². The van der Waals surface area contributed by atoms with Crippen LogP contribution in [0.25, 0.3) is 0 Å². The standard InChI is InChI=1S/C14H25N3O2/c1-4-14(5-2,18-6-3)13-16-12(19-17-13)11-9-7-8-10-15-11/h11,15H,4-10H2,1-3H3/t11-/m0/s1. The molecule has 2 rings (SSSR count). The molecule has 1 atom stereocenters. The van der Waals surface area contributed by atoms with Gasteiger partial charge in [0.1, 0.15) is 5.60 Å². The molecule has 0 unspecified atom stereocenters. The van der Waals surface area contributed by atoms with Crippen LogP contribution in [0.1, 0.15) is 70.6 Å². The van der Waals surface area contributed by atoms with Gasteiger partial charge < -0.3 is 14.6 Å². The molecule has 5 heteroatoms. The van der Waals surface area contributed by atoms with Gasteiger partial charge in [0, 0.05) is 6.61 Å². The number of nitrogens with one attached hydrogen (secondary N) is 1. The van der Waals surface area contributed by atoms with Gasteiger partial charge in [0.05, 0.1) is 6.04 Å². The molecular weight excluding hydrogens is 242 g/mol. The first-order valence-electron chi connectivity index (χ1n) is 7.47. The zero-order valence-electron chi connectivity index (χ0n) is 12.2. The van der Waals surface area contributed by atoms with Gasteiger partial charge in [0.25, 0.3) is 0 Å². The van der Waals surface area contributed by atoms with Crippen molar-refractivity contribution in [2.45, 2.75) is 64.5 Å². The molecule has 0 amide bonds. The van der Waals surface area contributed by atoms with E-state index in [2.05, 4.69) is 29.3 Å². The Balaban J connectivity index is 2.17. The van der Waals surface area contributed by atoms with Crippen LogP contribution in [0, 0.1) is 0 Å². The lowest BCUT2D eigenvalue weighted by Gasteiger charge is -2.27. The number of aromatic nitrogens is 2. The minimum absolute atomic E-state index is 0.211. The molecule has 5 nitrogen and oxygen atoms in total. The van der Waals surface area contributed by atoms with Gasteiger partial charge in [-0.3, -0.25) is 0 Å². The molecule has 1 saturated heterocycles. The van der Waals surface area contributed by atoms with Crippen LogP contribution in [0.4, 0.5) is 0 Å². The first-order chi connectivity index (χ1) is 9.25. The Hall–Kier alpha value is -0.940. The molecule has 0 radical (unpaired) electrons. The summed E-state index contributed by atoms with van der Waals surface area (Å²) in [4.78, 5) is 4.60. The average molecular weight is 267 g/mol. The van der Waals surface area contributed by atoms with E-state index in [0.29, 0.717) is 18.3 Å². The van der Waals surface area contributed by atoms with Crippen LogP contribution in [0.15, 0.2) is 4.52 Å². The Kier molecular flexibility index (Phi) is 4.93. The molecule has 0 spiro atoms. The monoisotopic (exact) mass is 267 g/mol. The summed E-state index contributed by atoms with van der Waals surface area (Å²) in [7, 11) is 0. The highest BCUT2D eigenvalue weighted by Gasteiger charge is 2.35. The van der Waals surface area contributed by atoms with Crippen molar-refractivity contribution in [1.82, 2.24) is 15.5 Å². The van der Waals surface area contributed by atoms with Crippen molar-refractivity contribution in [2.75, 3.05) is 13.2 Å². The van der Waals surface area contributed by atoms with E-state index in [9.17, 15) is 0 Å². The Labute approximate surface area is 115 Å². The van der Waals surface area contributed by atoms with E-state index in [1.807, 2.05) is 6.92 Å². The summed E-state index contributed by atoms with van der Waals surface area (Å²) in [5, 5.41) is 7.60. The number of hydrogen-bond donors (Lipinski definition) is 1. The van der Waals surface area contributed by atoms with Crippen molar-refractivity contribution in [3.8, 4) is 0 Å². The maximum Gasteiger partial charge on any atom is 0.243 e. The Morgan fingerprint density at radius 1 is 1.32 bits per heavy atom. The lowest BCUT2D eigenvalue weighted by molar-refractivity contribution is -0.0583. The van der Waals surface area contributed by atoms with Gasteiger partial charge in [-0.25, -0.2) is 0 Å². The maximum absolute atomic E-state index is 5.91. The van der Waals surface area contributed by atoms with Gasteiger partial charge in [-0.15, -0.1) is 0 Å². The summed E-state index contributed by atoms with van der Waals surface area (Å²) in [6, 6.07) is 0.211. The van der Waals surface area contributed by atoms with Crippen LogP contribution in [0.2, 0.25) is 0 Å². The molecule has 0 aromatic carbocycles. The Morgan fingerprint density at radius 2 is 2.11 bits per heavy atom. The molecule has 108 valence electrons. The van der Waals surface area contributed by atoms with Gasteiger partial charge in [0.15, 0.2) is 0 Å². The van der Waals surface area contributed by atoms with Crippen LogP contribution in [0.3, 0.4) is 0 Å². The molecule has 0 saturated carbocycles. The molecule has 1 aliphatic rings. The largest absolute Gasteiger partial charge is 0.367 e. The third-order valence-corrected chi connectivity index (χ3v) is 4.02. The third kappa shape index (κ3) is 2.98. The van der Waals surface area contributed by atoms with Gasteiger partial charge in [-0.2, -0.15) is 4.98 Å². The SMILES string of the molecule is CCOC(CC)(CC)c1noc([C@@H]2CCCCN2)n1. The van der Waals surface area contributed by atoms with Crippen molar-refractivity contribution >= 4 is 0 Å². The molecule has 1 N–H and O–H groups in total. The number of hydrogen-bond acceptors (Lipinski definition) is 5. The number of rotatable bonds is 6. The molecule has 0 aliphatic carbocycles. The van der Waals surface area contributed by atoms with Crippen LogP contribution in [-0.2, 0) is 10.3 Å². The summed E-state index contributed by atoms with van der Waals surface area (Å²) in [6.07, 6.45) is 5.22. The molecule has 19 heavy (non-hydrogen) atoms. The van der Waals surface area contributed by atoms with Crippen molar-refractivity contribution in [3.63, 3.8) is 0 Å². The molecule has 2 heterocycles. The van der Waals surface area contributed by atoms with Crippen LogP contribution < -0.4 is 5.32 Å². The van der Waals surface area contributed by atoms with Crippen molar-refractivity contribution in [1.29, 1.82) is 0 Å². The van der Waals surface area contributed by atoms with Crippen molar-refractivity contribution < 1.29 is 9.26 Å². The summed E-state index contributed by atoms with van der Waals surface area (Å²) in [6.45, 7) is 7.90. The lowest BCUT2D eigenvalue weighted by Crippen LogP contribution is -2.30. The fourth-order valence-corrected chi connectivity index (χ4v) is 2.74. The highest BCUT2D eigenvalue weighted by molar-refractivity contribution is 5.03. The Morgan fingerprint density at radius 3 is 2.68 bits per heavy atom. The second kappa shape index (κ2) is 6.48. The summed E-state index contributed by atoms with van der Waals surface area (Å²) in [5.74, 6) is 1.41. The van der Waals surface area contributed by atoms with E-state index in [4.69, 9.17) is 9.26 Å². The van der Waals surface area contributed by atoms with E-state index < -0.39 is 5.60 Å². The van der Waals surface area contributed by atoms with E-state index in [-0.39, 0.29) is 6.04 Å². The summed E-state index contributed by atoms with van der Waals surface area (Å²) < 4.78 is 11.4. The van der Waals surface area contributed by atoms with Crippen LogP contribution in [0.5, 0.6) is 0 Å². The molecular formula is C14H25N3O2. The topological polar surface area (TPSA) is 60.2 Å². The fourth-order valence-electron chi connectivity index (χ4n) is 2.74. The minimum atomic E-state index is -0.398. The smallest absolute Gasteiger partial charge is 0.243 e. The third-order valence-electron chi connectivity index (χ3n) is 4.02. The zero-order chi connectivity index (χ0) is 13.7.